The summed E-state index contributed by atoms with van der Waals surface area (Å²) < 4.78 is 60.2. The zero-order valence-corrected chi connectivity index (χ0v) is 10.1. The average molecular weight is 281 g/mol. The van der Waals surface area contributed by atoms with Gasteiger partial charge in [0.15, 0.2) is 0 Å². The van der Waals surface area contributed by atoms with E-state index in [0.29, 0.717) is 0 Å². The van der Waals surface area contributed by atoms with E-state index in [4.69, 9.17) is 0 Å². The lowest BCUT2D eigenvalue weighted by Gasteiger charge is -2.22. The number of nitrogens with zero attached hydrogens (tertiary/aromatic N) is 1. The van der Waals surface area contributed by atoms with Gasteiger partial charge in [-0.05, 0) is 19.1 Å². The van der Waals surface area contributed by atoms with Gasteiger partial charge in [-0.2, -0.15) is 17.5 Å². The van der Waals surface area contributed by atoms with Crippen LogP contribution >= 0.6 is 0 Å². The molecule has 0 heterocycles. The van der Waals surface area contributed by atoms with Crippen LogP contribution in [-0.2, 0) is 14.8 Å². The number of carbonyl (C=O) groups is 1. The third-order valence-electron chi connectivity index (χ3n) is 2.06. The Morgan fingerprint density at radius 3 is 2.11 bits per heavy atom. The number of benzene rings is 1. The SMILES string of the molecule is CCS(=O)(=O)N(C(=O)C(F)(F)F)c1ccccc1. The van der Waals surface area contributed by atoms with Gasteiger partial charge in [-0.15, -0.1) is 0 Å². The minimum absolute atomic E-state index is 0.215. The summed E-state index contributed by atoms with van der Waals surface area (Å²) in [5.74, 6) is -3.03. The van der Waals surface area contributed by atoms with Crippen molar-refractivity contribution in [2.75, 3.05) is 10.1 Å². The average Bonchev–Trinajstić information content (AvgIpc) is 2.29. The van der Waals surface area contributed by atoms with Crippen molar-refractivity contribution in [2.24, 2.45) is 0 Å². The van der Waals surface area contributed by atoms with Crippen LogP contribution in [0.4, 0.5) is 18.9 Å². The molecule has 1 aromatic carbocycles. The monoisotopic (exact) mass is 281 g/mol. The maximum Gasteiger partial charge on any atom is 0.472 e. The van der Waals surface area contributed by atoms with Crippen molar-refractivity contribution < 1.29 is 26.4 Å². The Kier molecular flexibility index (Phi) is 4.00. The van der Waals surface area contributed by atoms with Gasteiger partial charge in [-0.3, -0.25) is 4.79 Å². The standard InChI is InChI=1S/C10H10F3NO3S/c1-2-18(16,17)14(9(15)10(11,12)13)8-6-4-3-5-7-8/h3-7H,2H2,1H3. The third-order valence-corrected chi connectivity index (χ3v) is 3.72. The van der Waals surface area contributed by atoms with Crippen LogP contribution in [0.2, 0.25) is 0 Å². The molecule has 0 fully saturated rings. The Morgan fingerprint density at radius 1 is 1.22 bits per heavy atom. The van der Waals surface area contributed by atoms with Crippen LogP contribution in [0, 0.1) is 0 Å². The lowest BCUT2D eigenvalue weighted by molar-refractivity contribution is -0.169. The quantitative estimate of drug-likeness (QED) is 0.850. The molecule has 0 unspecified atom stereocenters. The minimum atomic E-state index is -5.25. The number of alkyl halides is 3. The van der Waals surface area contributed by atoms with Gasteiger partial charge in [-0.25, -0.2) is 8.42 Å². The normalized spacial score (nSPS) is 12.2. The Balaban J connectivity index is 3.35. The summed E-state index contributed by atoms with van der Waals surface area (Å²) in [6.07, 6.45) is -5.25. The maximum atomic E-state index is 12.4. The number of halogens is 3. The number of anilines is 1. The molecule has 0 saturated carbocycles. The number of hydrogen-bond donors (Lipinski definition) is 0. The second kappa shape index (κ2) is 4.97. The molecule has 1 rings (SSSR count). The van der Waals surface area contributed by atoms with Crippen molar-refractivity contribution in [1.29, 1.82) is 0 Å². The molecule has 1 amide bonds. The highest BCUT2D eigenvalue weighted by molar-refractivity contribution is 7.93. The molecule has 0 aromatic heterocycles. The fraction of sp³-hybridized carbons (Fsp3) is 0.300. The molecule has 0 aliphatic carbocycles. The van der Waals surface area contributed by atoms with Crippen LogP contribution in [0.15, 0.2) is 30.3 Å². The number of carbonyl (C=O) groups excluding carboxylic acids is 1. The Morgan fingerprint density at radius 2 is 1.72 bits per heavy atom. The molecule has 0 aliphatic heterocycles. The van der Waals surface area contributed by atoms with E-state index in [1.165, 1.54) is 18.2 Å². The highest BCUT2D eigenvalue weighted by Crippen LogP contribution is 2.26. The minimum Gasteiger partial charge on any atom is -0.263 e. The second-order valence-corrected chi connectivity index (χ2v) is 5.41. The largest absolute Gasteiger partial charge is 0.472 e. The van der Waals surface area contributed by atoms with Crippen molar-refractivity contribution in [3.05, 3.63) is 30.3 Å². The first-order chi connectivity index (χ1) is 8.20. The number of amides is 1. The molecule has 18 heavy (non-hydrogen) atoms. The van der Waals surface area contributed by atoms with Gasteiger partial charge in [0.1, 0.15) is 0 Å². The predicted molar refractivity (Wildman–Crippen MR) is 59.4 cm³/mol. The zero-order chi connectivity index (χ0) is 14.0. The van der Waals surface area contributed by atoms with E-state index in [9.17, 15) is 26.4 Å². The van der Waals surface area contributed by atoms with E-state index in [-0.39, 0.29) is 9.99 Å². The van der Waals surface area contributed by atoms with Crippen molar-refractivity contribution in [3.63, 3.8) is 0 Å². The van der Waals surface area contributed by atoms with Gasteiger partial charge < -0.3 is 0 Å². The molecular formula is C10H10F3NO3S. The molecule has 100 valence electrons. The molecule has 1 aromatic rings. The van der Waals surface area contributed by atoms with Crippen molar-refractivity contribution in [3.8, 4) is 0 Å². The number of hydrogen-bond acceptors (Lipinski definition) is 3. The lowest BCUT2D eigenvalue weighted by atomic mass is 10.3. The first-order valence-corrected chi connectivity index (χ1v) is 6.50. The third kappa shape index (κ3) is 3.00. The van der Waals surface area contributed by atoms with E-state index in [2.05, 4.69) is 0 Å². The summed E-state index contributed by atoms with van der Waals surface area (Å²) in [4.78, 5) is 11.2. The summed E-state index contributed by atoms with van der Waals surface area (Å²) in [6, 6.07) is 6.43. The molecular weight excluding hydrogens is 271 g/mol. The summed E-state index contributed by atoms with van der Waals surface area (Å²) >= 11 is 0. The molecule has 8 heteroatoms. The topological polar surface area (TPSA) is 54.5 Å². The van der Waals surface area contributed by atoms with Crippen LogP contribution in [-0.4, -0.2) is 26.3 Å². The van der Waals surface area contributed by atoms with Crippen LogP contribution in [0.25, 0.3) is 0 Å². The first kappa shape index (κ1) is 14.5. The smallest absolute Gasteiger partial charge is 0.263 e. The van der Waals surface area contributed by atoms with Crippen LogP contribution in [0.3, 0.4) is 0 Å². The number of sulfonamides is 1. The van der Waals surface area contributed by atoms with Crippen LogP contribution < -0.4 is 4.31 Å². The molecule has 0 saturated heterocycles. The second-order valence-electron chi connectivity index (χ2n) is 3.30. The van der Waals surface area contributed by atoms with Gasteiger partial charge in [-0.1, -0.05) is 18.2 Å². The molecule has 4 nitrogen and oxygen atoms in total. The van der Waals surface area contributed by atoms with E-state index < -0.39 is 27.9 Å². The van der Waals surface area contributed by atoms with E-state index in [1.807, 2.05) is 0 Å². The summed E-state index contributed by atoms with van der Waals surface area (Å²) in [5, 5.41) is 0. The number of para-hydroxylation sites is 1. The van der Waals surface area contributed by atoms with Crippen molar-refractivity contribution in [1.82, 2.24) is 0 Å². The van der Waals surface area contributed by atoms with Gasteiger partial charge in [0.05, 0.1) is 11.4 Å². The summed E-state index contributed by atoms with van der Waals surface area (Å²) in [7, 11) is -4.33. The Labute approximate surface area is 102 Å². The van der Waals surface area contributed by atoms with Crippen molar-refractivity contribution >= 4 is 21.6 Å². The lowest BCUT2D eigenvalue weighted by Crippen LogP contribution is -2.45. The van der Waals surface area contributed by atoms with E-state index >= 15 is 0 Å². The molecule has 0 atom stereocenters. The number of rotatable bonds is 3. The van der Waals surface area contributed by atoms with Crippen LogP contribution in [0.1, 0.15) is 6.92 Å². The summed E-state index contributed by atoms with van der Waals surface area (Å²) in [5.41, 5.74) is -0.332. The molecule has 0 N–H and O–H groups in total. The first-order valence-electron chi connectivity index (χ1n) is 4.89. The van der Waals surface area contributed by atoms with Gasteiger partial charge >= 0.3 is 12.1 Å². The molecule has 0 aliphatic rings. The molecule has 0 radical (unpaired) electrons. The Bertz CT molecular complexity index is 525. The van der Waals surface area contributed by atoms with Crippen LogP contribution in [0.5, 0.6) is 0 Å². The van der Waals surface area contributed by atoms with E-state index in [1.54, 1.807) is 0 Å². The highest BCUT2D eigenvalue weighted by atomic mass is 32.2. The fourth-order valence-electron chi connectivity index (χ4n) is 1.21. The maximum absolute atomic E-state index is 12.4. The predicted octanol–water partition coefficient (Wildman–Crippen LogP) is 1.93. The molecule has 0 spiro atoms. The zero-order valence-electron chi connectivity index (χ0n) is 9.31. The fourth-order valence-corrected chi connectivity index (χ4v) is 2.27. The highest BCUT2D eigenvalue weighted by Gasteiger charge is 2.47. The van der Waals surface area contributed by atoms with Gasteiger partial charge in [0.25, 0.3) is 0 Å². The summed E-state index contributed by atoms with van der Waals surface area (Å²) in [6.45, 7) is 1.16. The molecule has 0 bridgehead atoms. The van der Waals surface area contributed by atoms with E-state index in [0.717, 1.165) is 19.1 Å². The van der Waals surface area contributed by atoms with Gasteiger partial charge in [0, 0.05) is 0 Å². The van der Waals surface area contributed by atoms with Crippen molar-refractivity contribution in [2.45, 2.75) is 13.1 Å². The van der Waals surface area contributed by atoms with Gasteiger partial charge in [0.2, 0.25) is 10.0 Å². The Hall–Kier alpha value is -1.57.